The van der Waals surface area contributed by atoms with Crippen LogP contribution in [0.25, 0.3) is 6.08 Å². The Labute approximate surface area is 142 Å². The van der Waals surface area contributed by atoms with Crippen molar-refractivity contribution in [1.29, 1.82) is 0 Å². The van der Waals surface area contributed by atoms with Gasteiger partial charge >= 0.3 is 5.97 Å². The highest BCUT2D eigenvalue weighted by atomic mass is 127. The lowest BCUT2D eigenvalue weighted by Gasteiger charge is -2.13. The van der Waals surface area contributed by atoms with Crippen LogP contribution in [0.1, 0.15) is 11.1 Å². The van der Waals surface area contributed by atoms with E-state index < -0.39 is 5.97 Å². The fraction of sp³-hybridized carbons (Fsp3) is 0.118. The van der Waals surface area contributed by atoms with Crippen LogP contribution in [0.5, 0.6) is 11.5 Å². The Balaban J connectivity index is 2.22. The largest absolute Gasteiger partial charge is 0.493 e. The normalized spacial score (nSPS) is 10.6. The Morgan fingerprint density at radius 2 is 2.00 bits per heavy atom. The fourth-order valence-corrected chi connectivity index (χ4v) is 2.65. The van der Waals surface area contributed by atoms with Gasteiger partial charge in [0.2, 0.25) is 0 Å². The van der Waals surface area contributed by atoms with Crippen molar-refractivity contribution in [3.05, 3.63) is 63.2 Å². The zero-order valence-corrected chi connectivity index (χ0v) is 14.1. The van der Waals surface area contributed by atoms with Crippen LogP contribution in [-0.2, 0) is 11.4 Å². The Bertz CT molecular complexity index is 681. The molecule has 0 unspecified atom stereocenters. The summed E-state index contributed by atoms with van der Waals surface area (Å²) in [5.41, 5.74) is 1.81. The van der Waals surface area contributed by atoms with E-state index in [1.165, 1.54) is 6.08 Å². The molecule has 2 aromatic carbocycles. The van der Waals surface area contributed by atoms with Crippen LogP contribution in [0.4, 0.5) is 0 Å². The van der Waals surface area contributed by atoms with Crippen molar-refractivity contribution in [2.24, 2.45) is 0 Å². The molecule has 0 bridgehead atoms. The van der Waals surface area contributed by atoms with Crippen LogP contribution < -0.4 is 9.47 Å². The Kier molecular flexibility index (Phi) is 5.83. The minimum Gasteiger partial charge on any atom is -0.493 e. The molecule has 0 aliphatic carbocycles. The first kappa shape index (κ1) is 16.4. The van der Waals surface area contributed by atoms with Crippen molar-refractivity contribution in [2.45, 2.75) is 6.61 Å². The average Bonchev–Trinajstić information content (AvgIpc) is 2.52. The second-order valence-electron chi connectivity index (χ2n) is 4.48. The van der Waals surface area contributed by atoms with E-state index in [-0.39, 0.29) is 0 Å². The molecule has 0 amide bonds. The molecule has 1 N–H and O–H groups in total. The molecule has 0 spiro atoms. The van der Waals surface area contributed by atoms with Crippen LogP contribution >= 0.6 is 22.6 Å². The van der Waals surface area contributed by atoms with E-state index in [2.05, 4.69) is 22.6 Å². The molecule has 0 aromatic heterocycles. The first-order chi connectivity index (χ1) is 10.6. The van der Waals surface area contributed by atoms with Crippen molar-refractivity contribution in [2.75, 3.05) is 7.11 Å². The number of hydrogen-bond acceptors (Lipinski definition) is 3. The molecule has 22 heavy (non-hydrogen) atoms. The lowest BCUT2D eigenvalue weighted by molar-refractivity contribution is -0.131. The van der Waals surface area contributed by atoms with Crippen molar-refractivity contribution < 1.29 is 19.4 Å². The highest BCUT2D eigenvalue weighted by molar-refractivity contribution is 14.1. The number of halogens is 1. The smallest absolute Gasteiger partial charge is 0.328 e. The summed E-state index contributed by atoms with van der Waals surface area (Å²) < 4.78 is 12.1. The number of methoxy groups -OCH3 is 1. The molecule has 114 valence electrons. The van der Waals surface area contributed by atoms with Crippen molar-refractivity contribution in [3.63, 3.8) is 0 Å². The summed E-state index contributed by atoms with van der Waals surface area (Å²) in [6, 6.07) is 13.5. The molecule has 0 aliphatic heterocycles. The third-order valence-corrected chi connectivity index (χ3v) is 3.70. The Morgan fingerprint density at radius 1 is 1.27 bits per heavy atom. The minimum atomic E-state index is -0.988. The van der Waals surface area contributed by atoms with E-state index in [9.17, 15) is 4.79 Å². The highest BCUT2D eigenvalue weighted by Crippen LogP contribution is 2.34. The number of rotatable bonds is 6. The molecular formula is C17H15IO4. The van der Waals surface area contributed by atoms with Gasteiger partial charge in [-0.1, -0.05) is 30.3 Å². The third kappa shape index (κ3) is 4.49. The molecule has 2 rings (SSSR count). The minimum absolute atomic E-state index is 0.442. The third-order valence-electron chi connectivity index (χ3n) is 2.90. The van der Waals surface area contributed by atoms with Gasteiger partial charge in [0.15, 0.2) is 11.5 Å². The summed E-state index contributed by atoms with van der Waals surface area (Å²) in [5, 5.41) is 8.69. The predicted octanol–water partition coefficient (Wildman–Crippen LogP) is 3.98. The second-order valence-corrected chi connectivity index (χ2v) is 5.64. The molecule has 0 fully saturated rings. The van der Waals surface area contributed by atoms with E-state index in [1.807, 2.05) is 36.4 Å². The molecular weight excluding hydrogens is 395 g/mol. The quantitative estimate of drug-likeness (QED) is 0.579. The molecule has 2 aromatic rings. The second kappa shape index (κ2) is 7.84. The number of ether oxygens (including phenoxy) is 2. The molecule has 0 saturated carbocycles. The van der Waals surface area contributed by atoms with Crippen molar-refractivity contribution >= 4 is 34.6 Å². The van der Waals surface area contributed by atoms with Crippen LogP contribution in [0.15, 0.2) is 48.5 Å². The zero-order chi connectivity index (χ0) is 15.9. The van der Waals surface area contributed by atoms with Gasteiger partial charge in [0.25, 0.3) is 0 Å². The van der Waals surface area contributed by atoms with Crippen LogP contribution in [0.2, 0.25) is 0 Å². The van der Waals surface area contributed by atoms with E-state index in [1.54, 1.807) is 13.2 Å². The Morgan fingerprint density at radius 3 is 2.64 bits per heavy atom. The topological polar surface area (TPSA) is 55.8 Å². The molecule has 5 heteroatoms. The monoisotopic (exact) mass is 410 g/mol. The van der Waals surface area contributed by atoms with Gasteiger partial charge < -0.3 is 14.6 Å². The number of aliphatic carboxylic acids is 1. The maximum Gasteiger partial charge on any atom is 0.328 e. The van der Waals surface area contributed by atoms with Crippen LogP contribution in [-0.4, -0.2) is 18.2 Å². The standard InChI is InChI=1S/C17H15IO4/c1-21-15-10-13(7-8-16(19)20)9-14(18)17(15)22-11-12-5-3-2-4-6-12/h2-10H,11H2,1H3,(H,19,20). The number of carboxylic acids is 1. The summed E-state index contributed by atoms with van der Waals surface area (Å²) in [6.07, 6.45) is 2.61. The fourth-order valence-electron chi connectivity index (χ4n) is 1.87. The van der Waals surface area contributed by atoms with E-state index in [4.69, 9.17) is 14.6 Å². The highest BCUT2D eigenvalue weighted by Gasteiger charge is 2.11. The summed E-state index contributed by atoms with van der Waals surface area (Å²) in [5.74, 6) is 0.241. The summed E-state index contributed by atoms with van der Waals surface area (Å²) in [7, 11) is 1.56. The number of carboxylic acid groups (broad SMARTS) is 1. The van der Waals surface area contributed by atoms with Gasteiger partial charge in [-0.05, 0) is 51.9 Å². The van der Waals surface area contributed by atoms with Gasteiger partial charge in [-0.3, -0.25) is 0 Å². The van der Waals surface area contributed by atoms with E-state index >= 15 is 0 Å². The summed E-state index contributed by atoms with van der Waals surface area (Å²) in [6.45, 7) is 0.442. The Hall–Kier alpha value is -2.02. The van der Waals surface area contributed by atoms with Crippen LogP contribution in [0, 0.1) is 3.57 Å². The SMILES string of the molecule is COc1cc(C=CC(=O)O)cc(I)c1OCc1ccccc1. The van der Waals surface area contributed by atoms with Gasteiger partial charge in [-0.15, -0.1) is 0 Å². The van der Waals surface area contributed by atoms with Crippen molar-refractivity contribution in [3.8, 4) is 11.5 Å². The maximum absolute atomic E-state index is 10.6. The number of carbonyl (C=O) groups is 1. The molecule has 4 nitrogen and oxygen atoms in total. The van der Waals surface area contributed by atoms with Gasteiger partial charge in [-0.2, -0.15) is 0 Å². The average molecular weight is 410 g/mol. The first-order valence-corrected chi connectivity index (χ1v) is 7.63. The van der Waals surface area contributed by atoms with Gasteiger partial charge in [0.1, 0.15) is 6.61 Å². The van der Waals surface area contributed by atoms with E-state index in [0.717, 1.165) is 20.8 Å². The van der Waals surface area contributed by atoms with Gasteiger partial charge in [-0.25, -0.2) is 4.79 Å². The van der Waals surface area contributed by atoms with E-state index in [0.29, 0.717) is 18.1 Å². The molecule has 0 aliphatic rings. The summed E-state index contributed by atoms with van der Waals surface area (Å²) >= 11 is 2.15. The first-order valence-electron chi connectivity index (χ1n) is 6.55. The maximum atomic E-state index is 10.6. The molecule has 0 saturated heterocycles. The van der Waals surface area contributed by atoms with Crippen LogP contribution in [0.3, 0.4) is 0 Å². The number of hydrogen-bond donors (Lipinski definition) is 1. The molecule has 0 radical (unpaired) electrons. The van der Waals surface area contributed by atoms with Crippen molar-refractivity contribution in [1.82, 2.24) is 0 Å². The predicted molar refractivity (Wildman–Crippen MR) is 93.2 cm³/mol. The lowest BCUT2D eigenvalue weighted by atomic mass is 10.2. The van der Waals surface area contributed by atoms with Gasteiger partial charge in [0.05, 0.1) is 10.7 Å². The lowest BCUT2D eigenvalue weighted by Crippen LogP contribution is -2.00. The zero-order valence-electron chi connectivity index (χ0n) is 12.0. The number of benzene rings is 2. The van der Waals surface area contributed by atoms with Gasteiger partial charge in [0, 0.05) is 6.08 Å². The molecule has 0 heterocycles. The molecule has 0 atom stereocenters. The summed E-state index contributed by atoms with van der Waals surface area (Å²) in [4.78, 5) is 10.6.